The fourth-order valence-electron chi connectivity index (χ4n) is 2.29. The molecule has 1 aromatic rings. The minimum absolute atomic E-state index is 0.0227. The molecule has 1 saturated heterocycles. The monoisotopic (exact) mass is 268 g/mol. The van der Waals surface area contributed by atoms with Crippen LogP contribution in [-0.2, 0) is 4.79 Å². The summed E-state index contributed by atoms with van der Waals surface area (Å²) in [6.45, 7) is 2.49. The van der Waals surface area contributed by atoms with Gasteiger partial charge in [0.25, 0.3) is 5.91 Å². The van der Waals surface area contributed by atoms with Gasteiger partial charge < -0.3 is 10.0 Å². The van der Waals surface area contributed by atoms with Crippen molar-refractivity contribution in [1.82, 2.24) is 9.88 Å². The molecule has 1 aromatic heterocycles. The van der Waals surface area contributed by atoms with E-state index >= 15 is 0 Å². The average molecular weight is 268 g/mol. The second kappa shape index (κ2) is 5.48. The van der Waals surface area contributed by atoms with E-state index in [9.17, 15) is 9.59 Å². The summed E-state index contributed by atoms with van der Waals surface area (Å²) in [7, 11) is 0. The maximum Gasteiger partial charge on any atom is 0.305 e. The number of carbonyl (C=O) groups is 2. The Morgan fingerprint density at radius 3 is 2.94 bits per heavy atom. The van der Waals surface area contributed by atoms with E-state index in [0.717, 1.165) is 24.3 Å². The van der Waals surface area contributed by atoms with Gasteiger partial charge in [-0.3, -0.25) is 9.59 Å². The highest BCUT2D eigenvalue weighted by molar-refractivity contribution is 7.09. The number of carbonyl (C=O) groups excluding carboxylic acids is 1. The summed E-state index contributed by atoms with van der Waals surface area (Å²) in [5, 5.41) is 11.5. The van der Waals surface area contributed by atoms with E-state index in [-0.39, 0.29) is 18.4 Å². The number of aromatic nitrogens is 1. The van der Waals surface area contributed by atoms with Gasteiger partial charge in [-0.2, -0.15) is 0 Å². The first-order valence-corrected chi connectivity index (χ1v) is 6.91. The number of piperidine rings is 1. The Hall–Kier alpha value is -1.43. The highest BCUT2D eigenvalue weighted by Gasteiger charge is 2.29. The molecule has 0 bridgehead atoms. The minimum atomic E-state index is -0.853. The smallest absolute Gasteiger partial charge is 0.305 e. The summed E-state index contributed by atoms with van der Waals surface area (Å²) in [4.78, 5) is 29.0. The molecule has 1 unspecified atom stereocenters. The van der Waals surface area contributed by atoms with Gasteiger partial charge in [0, 0.05) is 18.0 Å². The van der Waals surface area contributed by atoms with E-state index in [4.69, 9.17) is 5.11 Å². The summed E-state index contributed by atoms with van der Waals surface area (Å²) < 4.78 is 0. The maximum atomic E-state index is 12.3. The van der Waals surface area contributed by atoms with Crippen molar-refractivity contribution >= 4 is 23.2 Å². The molecule has 1 atom stereocenters. The van der Waals surface area contributed by atoms with Crippen LogP contribution in [0.3, 0.4) is 0 Å². The highest BCUT2D eigenvalue weighted by Crippen LogP contribution is 2.22. The third-order valence-electron chi connectivity index (χ3n) is 3.14. The van der Waals surface area contributed by atoms with Crippen molar-refractivity contribution in [2.45, 2.75) is 38.6 Å². The lowest BCUT2D eigenvalue weighted by atomic mass is 9.99. The van der Waals surface area contributed by atoms with Gasteiger partial charge in [-0.25, -0.2) is 4.98 Å². The summed E-state index contributed by atoms with van der Waals surface area (Å²) in [5.74, 6) is -0.987. The summed E-state index contributed by atoms with van der Waals surface area (Å²) in [6, 6.07) is -0.189. The maximum absolute atomic E-state index is 12.3. The Bertz CT molecular complexity index is 458. The van der Waals surface area contributed by atoms with Crippen LogP contribution in [0.2, 0.25) is 0 Å². The SMILES string of the molecule is Cc1nc(C(=O)N2CCCCC2CC(=O)O)cs1. The van der Waals surface area contributed by atoms with Crippen LogP contribution < -0.4 is 0 Å². The molecule has 2 heterocycles. The predicted octanol–water partition coefficient (Wildman–Crippen LogP) is 1.92. The van der Waals surface area contributed by atoms with Crippen LogP contribution in [0.1, 0.15) is 41.2 Å². The van der Waals surface area contributed by atoms with Crippen LogP contribution in [0.4, 0.5) is 0 Å². The van der Waals surface area contributed by atoms with Crippen molar-refractivity contribution < 1.29 is 14.7 Å². The number of likely N-dealkylation sites (tertiary alicyclic amines) is 1. The third kappa shape index (κ3) is 2.87. The van der Waals surface area contributed by atoms with Gasteiger partial charge in [-0.15, -0.1) is 11.3 Å². The topological polar surface area (TPSA) is 70.5 Å². The fourth-order valence-corrected chi connectivity index (χ4v) is 2.88. The zero-order valence-electron chi connectivity index (χ0n) is 10.3. The number of thiazole rings is 1. The van der Waals surface area contributed by atoms with Gasteiger partial charge >= 0.3 is 5.97 Å². The van der Waals surface area contributed by atoms with Crippen molar-refractivity contribution in [3.63, 3.8) is 0 Å². The first-order valence-electron chi connectivity index (χ1n) is 6.03. The van der Waals surface area contributed by atoms with E-state index in [2.05, 4.69) is 4.98 Å². The van der Waals surface area contributed by atoms with Gasteiger partial charge in [0.1, 0.15) is 5.69 Å². The lowest BCUT2D eigenvalue weighted by Gasteiger charge is -2.34. The number of amides is 1. The number of hydrogen-bond donors (Lipinski definition) is 1. The molecule has 1 aliphatic rings. The molecule has 0 saturated carbocycles. The largest absolute Gasteiger partial charge is 0.481 e. The normalized spacial score (nSPS) is 19.8. The molecule has 1 fully saturated rings. The van der Waals surface area contributed by atoms with Crippen LogP contribution in [0.25, 0.3) is 0 Å². The molecule has 6 heteroatoms. The fraction of sp³-hybridized carbons (Fsp3) is 0.583. The molecule has 0 aliphatic carbocycles. The van der Waals surface area contributed by atoms with Gasteiger partial charge in [0.15, 0.2) is 0 Å². The Balaban J connectivity index is 2.13. The van der Waals surface area contributed by atoms with E-state index in [0.29, 0.717) is 12.2 Å². The van der Waals surface area contributed by atoms with Crippen molar-refractivity contribution in [3.05, 3.63) is 16.1 Å². The zero-order chi connectivity index (χ0) is 13.1. The Morgan fingerprint density at radius 2 is 2.33 bits per heavy atom. The van der Waals surface area contributed by atoms with Crippen molar-refractivity contribution in [3.8, 4) is 0 Å². The van der Waals surface area contributed by atoms with Crippen molar-refractivity contribution in [1.29, 1.82) is 0 Å². The standard InChI is InChI=1S/C12H16N2O3S/c1-8-13-10(7-18-8)12(17)14-5-3-2-4-9(14)6-11(15)16/h7,9H,2-6H2,1H3,(H,15,16). The molecule has 18 heavy (non-hydrogen) atoms. The van der Waals surface area contributed by atoms with E-state index in [1.807, 2.05) is 6.92 Å². The van der Waals surface area contributed by atoms with Gasteiger partial charge in [-0.05, 0) is 26.2 Å². The Morgan fingerprint density at radius 1 is 1.56 bits per heavy atom. The van der Waals surface area contributed by atoms with Crippen molar-refractivity contribution in [2.24, 2.45) is 0 Å². The lowest BCUT2D eigenvalue weighted by molar-refractivity contribution is -0.138. The highest BCUT2D eigenvalue weighted by atomic mass is 32.1. The van der Waals surface area contributed by atoms with E-state index < -0.39 is 5.97 Å². The number of carboxylic acid groups (broad SMARTS) is 1. The summed E-state index contributed by atoms with van der Waals surface area (Å²) in [5.41, 5.74) is 0.440. The van der Waals surface area contributed by atoms with Crippen molar-refractivity contribution in [2.75, 3.05) is 6.54 Å². The first kappa shape index (κ1) is 13.0. The third-order valence-corrected chi connectivity index (χ3v) is 3.91. The van der Waals surface area contributed by atoms with Crippen LogP contribution in [0.15, 0.2) is 5.38 Å². The van der Waals surface area contributed by atoms with Crippen LogP contribution in [0, 0.1) is 6.92 Å². The number of aliphatic carboxylic acids is 1. The quantitative estimate of drug-likeness (QED) is 0.909. The van der Waals surface area contributed by atoms with Crippen LogP contribution >= 0.6 is 11.3 Å². The number of nitrogens with zero attached hydrogens (tertiary/aromatic N) is 2. The van der Waals surface area contributed by atoms with Crippen LogP contribution in [-0.4, -0.2) is 39.5 Å². The number of hydrogen-bond acceptors (Lipinski definition) is 4. The first-order chi connectivity index (χ1) is 8.58. The van der Waals surface area contributed by atoms with Gasteiger partial charge in [0.2, 0.25) is 0 Å². The van der Waals surface area contributed by atoms with E-state index in [1.165, 1.54) is 11.3 Å². The molecular weight excluding hydrogens is 252 g/mol. The van der Waals surface area contributed by atoms with E-state index in [1.54, 1.807) is 10.3 Å². The van der Waals surface area contributed by atoms with Gasteiger partial charge in [-0.1, -0.05) is 0 Å². The average Bonchev–Trinajstić information content (AvgIpc) is 2.75. The molecule has 5 nitrogen and oxygen atoms in total. The number of aryl methyl sites for hydroxylation is 1. The molecule has 0 aromatic carbocycles. The molecule has 1 amide bonds. The molecular formula is C12H16N2O3S. The van der Waals surface area contributed by atoms with Gasteiger partial charge in [0.05, 0.1) is 11.4 Å². The number of carboxylic acids is 1. The lowest BCUT2D eigenvalue weighted by Crippen LogP contribution is -2.44. The summed E-state index contributed by atoms with van der Waals surface area (Å²) >= 11 is 1.44. The molecule has 2 rings (SSSR count). The Kier molecular flexibility index (Phi) is 3.96. The predicted molar refractivity (Wildman–Crippen MR) is 67.8 cm³/mol. The summed E-state index contributed by atoms with van der Waals surface area (Å²) in [6.07, 6.45) is 2.71. The number of rotatable bonds is 3. The molecule has 1 aliphatic heterocycles. The Labute approximate surface area is 109 Å². The zero-order valence-corrected chi connectivity index (χ0v) is 11.1. The molecule has 0 spiro atoms. The second-order valence-electron chi connectivity index (χ2n) is 4.50. The minimum Gasteiger partial charge on any atom is -0.481 e. The molecule has 0 radical (unpaired) electrons. The molecule has 1 N–H and O–H groups in total. The second-order valence-corrected chi connectivity index (χ2v) is 5.56. The van der Waals surface area contributed by atoms with Crippen LogP contribution in [0.5, 0.6) is 0 Å². The molecule has 98 valence electrons.